The Hall–Kier alpha value is -1.40. The van der Waals surface area contributed by atoms with E-state index in [4.69, 9.17) is 5.73 Å². The van der Waals surface area contributed by atoms with Crippen LogP contribution in [-0.2, 0) is 27.5 Å². The van der Waals surface area contributed by atoms with Gasteiger partial charge in [-0.3, -0.25) is 4.79 Å². The fourth-order valence-electron chi connectivity index (χ4n) is 2.50. The molecular weight excluding hydrogens is 300 g/mol. The summed E-state index contributed by atoms with van der Waals surface area (Å²) in [6.45, 7) is 3.92. The number of carbonyl (C=O) groups excluding carboxylic acids is 1. The highest BCUT2D eigenvalue weighted by molar-refractivity contribution is 7.91. The van der Waals surface area contributed by atoms with Gasteiger partial charge in [-0.05, 0) is 56.4 Å². The lowest BCUT2D eigenvalue weighted by Gasteiger charge is -2.18. The van der Waals surface area contributed by atoms with Gasteiger partial charge in [-0.15, -0.1) is 0 Å². The maximum absolute atomic E-state index is 12.3. The van der Waals surface area contributed by atoms with Gasteiger partial charge in [-0.2, -0.15) is 0 Å². The van der Waals surface area contributed by atoms with Crippen molar-refractivity contribution in [1.82, 2.24) is 5.32 Å². The smallest absolute Gasteiger partial charge is 0.221 e. The number of fused-ring (bicyclic) bond motifs is 1. The van der Waals surface area contributed by atoms with Crippen molar-refractivity contribution < 1.29 is 13.2 Å². The fraction of sp³-hybridized carbons (Fsp3) is 0.562. The zero-order valence-electron chi connectivity index (χ0n) is 13.2. The van der Waals surface area contributed by atoms with Gasteiger partial charge >= 0.3 is 0 Å². The van der Waals surface area contributed by atoms with E-state index >= 15 is 0 Å². The Kier molecular flexibility index (Phi) is 4.92. The highest BCUT2D eigenvalue weighted by atomic mass is 32.2. The number of rotatable bonds is 6. The quantitative estimate of drug-likeness (QED) is 0.822. The predicted molar refractivity (Wildman–Crippen MR) is 86.4 cm³/mol. The molecule has 0 bridgehead atoms. The lowest BCUT2D eigenvalue weighted by molar-refractivity contribution is -0.120. The minimum Gasteiger partial charge on any atom is -0.354 e. The fourth-order valence-corrected chi connectivity index (χ4v) is 3.79. The topological polar surface area (TPSA) is 89.3 Å². The number of hydrogen-bond acceptors (Lipinski definition) is 4. The van der Waals surface area contributed by atoms with E-state index in [0.29, 0.717) is 11.4 Å². The normalized spacial score (nSPS) is 14.7. The third-order valence-electron chi connectivity index (χ3n) is 3.77. The molecule has 122 valence electrons. The molecule has 1 amide bonds. The molecule has 3 N–H and O–H groups in total. The Balaban J connectivity index is 1.95. The van der Waals surface area contributed by atoms with Crippen LogP contribution in [0, 0.1) is 0 Å². The number of nitrogens with one attached hydrogen (secondary N) is 1. The van der Waals surface area contributed by atoms with Crippen LogP contribution in [0.3, 0.4) is 0 Å². The van der Waals surface area contributed by atoms with Crippen LogP contribution in [0.5, 0.6) is 0 Å². The first-order valence-corrected chi connectivity index (χ1v) is 9.23. The second-order valence-corrected chi connectivity index (χ2v) is 8.73. The zero-order chi connectivity index (χ0) is 16.4. The first-order valence-electron chi connectivity index (χ1n) is 7.57. The monoisotopic (exact) mass is 324 g/mol. The van der Waals surface area contributed by atoms with Crippen LogP contribution in [-0.4, -0.2) is 32.2 Å². The van der Waals surface area contributed by atoms with E-state index < -0.39 is 15.4 Å². The molecule has 0 spiro atoms. The van der Waals surface area contributed by atoms with E-state index in [2.05, 4.69) is 5.32 Å². The second kappa shape index (κ2) is 6.38. The number of sulfone groups is 1. The number of amides is 1. The van der Waals surface area contributed by atoms with Crippen LogP contribution in [0.2, 0.25) is 0 Å². The van der Waals surface area contributed by atoms with Gasteiger partial charge < -0.3 is 11.1 Å². The summed E-state index contributed by atoms with van der Waals surface area (Å²) in [5.41, 5.74) is 7.63. The van der Waals surface area contributed by atoms with Crippen molar-refractivity contribution in [3.8, 4) is 0 Å². The van der Waals surface area contributed by atoms with Crippen molar-refractivity contribution in [1.29, 1.82) is 0 Å². The first kappa shape index (κ1) is 17.0. The van der Waals surface area contributed by atoms with Crippen LogP contribution in [0.4, 0.5) is 0 Å². The van der Waals surface area contributed by atoms with Crippen molar-refractivity contribution in [2.45, 2.75) is 50.0 Å². The average Bonchev–Trinajstić information content (AvgIpc) is 2.89. The van der Waals surface area contributed by atoms with Crippen molar-refractivity contribution in [2.75, 3.05) is 12.3 Å². The third kappa shape index (κ3) is 4.55. The molecule has 1 aliphatic carbocycles. The van der Waals surface area contributed by atoms with Gasteiger partial charge in [0.15, 0.2) is 9.84 Å². The molecule has 2 rings (SSSR count). The summed E-state index contributed by atoms with van der Waals surface area (Å²) in [5.74, 6) is -0.467. The van der Waals surface area contributed by atoms with Gasteiger partial charge in [0.1, 0.15) is 0 Å². The lowest BCUT2D eigenvalue weighted by Crippen LogP contribution is -2.45. The molecule has 0 aromatic heterocycles. The maximum Gasteiger partial charge on any atom is 0.221 e. The highest BCUT2D eigenvalue weighted by Crippen LogP contribution is 2.25. The molecular formula is C16H24N2O3S. The van der Waals surface area contributed by atoms with Crippen molar-refractivity contribution in [3.05, 3.63) is 29.3 Å². The molecule has 0 unspecified atom stereocenters. The summed E-state index contributed by atoms with van der Waals surface area (Å²) in [4.78, 5) is 12.0. The Morgan fingerprint density at radius 3 is 2.64 bits per heavy atom. The van der Waals surface area contributed by atoms with E-state index in [1.54, 1.807) is 26.0 Å². The zero-order valence-corrected chi connectivity index (χ0v) is 14.0. The van der Waals surface area contributed by atoms with Crippen molar-refractivity contribution in [3.63, 3.8) is 0 Å². The highest BCUT2D eigenvalue weighted by Gasteiger charge is 2.20. The minimum atomic E-state index is -3.42. The predicted octanol–water partition coefficient (Wildman–Crippen LogP) is 1.19. The van der Waals surface area contributed by atoms with Crippen molar-refractivity contribution in [2.24, 2.45) is 5.73 Å². The molecule has 0 fully saturated rings. The van der Waals surface area contributed by atoms with Gasteiger partial charge in [-0.25, -0.2) is 8.42 Å². The molecule has 1 aromatic carbocycles. The summed E-state index contributed by atoms with van der Waals surface area (Å²) in [7, 11) is -3.42. The summed E-state index contributed by atoms with van der Waals surface area (Å²) < 4.78 is 24.7. The average molecular weight is 324 g/mol. The molecule has 0 saturated heterocycles. The minimum absolute atomic E-state index is 0.0461. The molecule has 0 saturated carbocycles. The molecule has 0 radical (unpaired) electrons. The Morgan fingerprint density at radius 1 is 1.27 bits per heavy atom. The van der Waals surface area contributed by atoms with Gasteiger partial charge in [0.05, 0.1) is 10.6 Å². The summed E-state index contributed by atoms with van der Waals surface area (Å²) >= 11 is 0. The molecule has 0 heterocycles. The number of nitrogens with two attached hydrogens (primary N) is 1. The van der Waals surface area contributed by atoms with Gasteiger partial charge in [0, 0.05) is 18.5 Å². The molecule has 22 heavy (non-hydrogen) atoms. The third-order valence-corrected chi connectivity index (χ3v) is 5.48. The standard InChI is InChI=1S/C16H24N2O3S/c1-16(2,17)11-18-15(19)8-9-22(20,21)14-7-6-12-4-3-5-13(12)10-14/h6-7,10H,3-5,8-9,11,17H2,1-2H3,(H,18,19). The van der Waals surface area contributed by atoms with Gasteiger partial charge in [0.25, 0.3) is 0 Å². The number of carbonyl (C=O) groups is 1. The lowest BCUT2D eigenvalue weighted by atomic mass is 10.1. The summed E-state index contributed by atoms with van der Waals surface area (Å²) in [6.07, 6.45) is 2.99. The summed E-state index contributed by atoms with van der Waals surface area (Å²) in [6, 6.07) is 5.31. The van der Waals surface area contributed by atoms with E-state index in [-0.39, 0.29) is 18.1 Å². The second-order valence-electron chi connectivity index (χ2n) is 6.62. The van der Waals surface area contributed by atoms with Gasteiger partial charge in [-0.1, -0.05) is 6.07 Å². The van der Waals surface area contributed by atoms with E-state index in [1.165, 1.54) is 5.56 Å². The van der Waals surface area contributed by atoms with Crippen LogP contribution < -0.4 is 11.1 Å². The van der Waals surface area contributed by atoms with Crippen LogP contribution >= 0.6 is 0 Å². The van der Waals surface area contributed by atoms with Gasteiger partial charge in [0.2, 0.25) is 5.91 Å². The van der Waals surface area contributed by atoms with E-state index in [0.717, 1.165) is 24.8 Å². The summed E-state index contributed by atoms with van der Waals surface area (Å²) in [5, 5.41) is 2.66. The Morgan fingerprint density at radius 2 is 1.95 bits per heavy atom. The molecule has 0 atom stereocenters. The molecule has 1 aliphatic rings. The van der Waals surface area contributed by atoms with Crippen LogP contribution in [0.15, 0.2) is 23.1 Å². The number of benzene rings is 1. The maximum atomic E-state index is 12.3. The van der Waals surface area contributed by atoms with Crippen LogP contribution in [0.1, 0.15) is 37.8 Å². The largest absolute Gasteiger partial charge is 0.354 e. The number of hydrogen-bond donors (Lipinski definition) is 2. The Labute approximate surface area is 132 Å². The van der Waals surface area contributed by atoms with Crippen molar-refractivity contribution >= 4 is 15.7 Å². The number of aryl methyl sites for hydroxylation is 2. The molecule has 1 aromatic rings. The molecule has 6 heteroatoms. The Bertz CT molecular complexity index is 660. The molecule has 0 aliphatic heterocycles. The van der Waals surface area contributed by atoms with E-state index in [9.17, 15) is 13.2 Å². The van der Waals surface area contributed by atoms with Crippen LogP contribution in [0.25, 0.3) is 0 Å². The molecule has 5 nitrogen and oxygen atoms in total. The van der Waals surface area contributed by atoms with E-state index in [1.807, 2.05) is 6.07 Å². The SMILES string of the molecule is CC(C)(N)CNC(=O)CCS(=O)(=O)c1ccc2c(c1)CCC2. The first-order chi connectivity index (χ1) is 10.2.